The number of unbranched alkanes of at least 4 members (excludes halogenated alkanes) is 4. The first-order chi connectivity index (χ1) is 23.7. The lowest BCUT2D eigenvalue weighted by molar-refractivity contribution is 0.707. The molecule has 0 aromatic heterocycles. The zero-order valence-electron chi connectivity index (χ0n) is 28.0. The third-order valence-corrected chi connectivity index (χ3v) is 10.3. The molecule has 1 spiro atoms. The number of aryl methyl sites for hydroxylation is 2. The number of benzene rings is 5. The Hall–Kier alpha value is -5.38. The number of hydrogen-bond donors (Lipinski definition) is 0. The summed E-state index contributed by atoms with van der Waals surface area (Å²) in [6.45, 7) is 4.51. The Morgan fingerprint density at radius 3 is 1.69 bits per heavy atom. The third-order valence-electron chi connectivity index (χ3n) is 10.3. The minimum atomic E-state index is -0.656. The molecule has 0 bridgehead atoms. The summed E-state index contributed by atoms with van der Waals surface area (Å²) >= 11 is 0. The van der Waals surface area contributed by atoms with E-state index in [1.807, 2.05) is 12.1 Å². The second-order valence-corrected chi connectivity index (χ2v) is 13.1. The fourth-order valence-corrected chi connectivity index (χ4v) is 8.08. The van der Waals surface area contributed by atoms with Gasteiger partial charge in [0.25, 0.3) is 0 Å². The summed E-state index contributed by atoms with van der Waals surface area (Å²) in [7, 11) is 0. The Kier molecular flexibility index (Phi) is 8.71. The number of nitriles is 2. The molecule has 0 radical (unpaired) electrons. The van der Waals surface area contributed by atoms with Crippen LogP contribution in [-0.2, 0) is 18.3 Å². The Morgan fingerprint density at radius 1 is 0.562 bits per heavy atom. The Morgan fingerprint density at radius 2 is 1.08 bits per heavy atom. The van der Waals surface area contributed by atoms with E-state index >= 15 is 0 Å². The topological polar surface area (TPSA) is 50.8 Å². The standard InChI is InChI=1S/C45H41N3/c1-3-5-7-15-32-23-26-35(27-24-32)48-42-22-14-13-21-40(42)45(41-28-25-33(29-43(41)48)16-8-6-4-2)38-19-11-9-17-36(38)44(34(30-46)31-47)37-18-10-12-20-39(37)45/h9-14,17-29H,3-8,15-16H2,1-2H3. The van der Waals surface area contributed by atoms with Crippen LogP contribution in [0.15, 0.2) is 121 Å². The van der Waals surface area contributed by atoms with Crippen molar-refractivity contribution in [1.29, 1.82) is 10.5 Å². The molecule has 1 aliphatic heterocycles. The molecule has 48 heavy (non-hydrogen) atoms. The van der Waals surface area contributed by atoms with Gasteiger partial charge in [-0.15, -0.1) is 0 Å². The predicted molar refractivity (Wildman–Crippen MR) is 197 cm³/mol. The van der Waals surface area contributed by atoms with Gasteiger partial charge in [0.2, 0.25) is 0 Å². The SMILES string of the molecule is CCCCCc1ccc(N2c3ccccc3C3(c4ccccc4C(=C(C#N)C#N)c4ccccc43)c3ccc(CCCCC)cc32)cc1. The van der Waals surface area contributed by atoms with Crippen molar-refractivity contribution < 1.29 is 0 Å². The highest BCUT2D eigenvalue weighted by molar-refractivity contribution is 5.98. The predicted octanol–water partition coefficient (Wildman–Crippen LogP) is 11.5. The van der Waals surface area contributed by atoms with Crippen LogP contribution in [0.4, 0.5) is 17.1 Å². The molecule has 1 aliphatic carbocycles. The van der Waals surface area contributed by atoms with E-state index in [2.05, 4.69) is 134 Å². The highest BCUT2D eigenvalue weighted by Gasteiger charge is 2.51. The highest BCUT2D eigenvalue weighted by Crippen LogP contribution is 2.62. The van der Waals surface area contributed by atoms with Gasteiger partial charge in [0.05, 0.1) is 16.8 Å². The number of allylic oxidation sites excluding steroid dienone is 1. The maximum atomic E-state index is 10.2. The third kappa shape index (κ3) is 5.03. The van der Waals surface area contributed by atoms with Crippen molar-refractivity contribution in [2.45, 2.75) is 70.6 Å². The zero-order chi connectivity index (χ0) is 33.1. The Labute approximate surface area is 285 Å². The van der Waals surface area contributed by atoms with Gasteiger partial charge < -0.3 is 4.90 Å². The lowest BCUT2D eigenvalue weighted by atomic mass is 9.56. The maximum Gasteiger partial charge on any atom is 0.138 e. The fraction of sp³-hybridized carbons (Fsp3) is 0.244. The van der Waals surface area contributed by atoms with Crippen molar-refractivity contribution in [3.8, 4) is 12.1 Å². The quantitative estimate of drug-likeness (QED) is 0.119. The monoisotopic (exact) mass is 623 g/mol. The van der Waals surface area contributed by atoms with E-state index in [-0.39, 0.29) is 5.57 Å². The Balaban J connectivity index is 1.54. The van der Waals surface area contributed by atoms with Crippen molar-refractivity contribution in [3.63, 3.8) is 0 Å². The normalized spacial score (nSPS) is 15.5. The molecule has 3 heteroatoms. The van der Waals surface area contributed by atoms with Gasteiger partial charge in [-0.1, -0.05) is 131 Å². The highest BCUT2D eigenvalue weighted by atomic mass is 15.2. The van der Waals surface area contributed by atoms with Crippen molar-refractivity contribution in [2.75, 3.05) is 4.90 Å². The average Bonchev–Trinajstić information content (AvgIpc) is 3.13. The summed E-state index contributed by atoms with van der Waals surface area (Å²) in [6, 6.07) is 46.4. The van der Waals surface area contributed by atoms with Gasteiger partial charge in [0.1, 0.15) is 17.7 Å². The van der Waals surface area contributed by atoms with Crippen LogP contribution in [0, 0.1) is 22.7 Å². The van der Waals surface area contributed by atoms with Crippen LogP contribution < -0.4 is 4.90 Å². The molecule has 5 aromatic carbocycles. The van der Waals surface area contributed by atoms with Crippen molar-refractivity contribution >= 4 is 22.6 Å². The molecule has 0 unspecified atom stereocenters. The summed E-state index contributed by atoms with van der Waals surface area (Å²) in [5.41, 5.74) is 12.9. The largest absolute Gasteiger partial charge is 0.310 e. The van der Waals surface area contributed by atoms with Gasteiger partial charge in [-0.25, -0.2) is 0 Å². The summed E-state index contributed by atoms with van der Waals surface area (Å²) < 4.78 is 0. The number of rotatable bonds is 9. The molecule has 0 saturated carbocycles. The summed E-state index contributed by atoms with van der Waals surface area (Å²) in [5.74, 6) is 0. The molecule has 7 rings (SSSR count). The van der Waals surface area contributed by atoms with Gasteiger partial charge in [0.15, 0.2) is 0 Å². The molecule has 3 nitrogen and oxygen atoms in total. The van der Waals surface area contributed by atoms with Crippen LogP contribution in [0.2, 0.25) is 0 Å². The van der Waals surface area contributed by atoms with E-state index in [0.29, 0.717) is 5.57 Å². The van der Waals surface area contributed by atoms with E-state index in [1.54, 1.807) is 0 Å². The minimum absolute atomic E-state index is 0.140. The molecule has 1 heterocycles. The van der Waals surface area contributed by atoms with Gasteiger partial charge in [-0.05, 0) is 94.5 Å². The van der Waals surface area contributed by atoms with Crippen molar-refractivity contribution in [1.82, 2.24) is 0 Å². The van der Waals surface area contributed by atoms with Gasteiger partial charge in [0, 0.05) is 11.3 Å². The van der Waals surface area contributed by atoms with Crippen LogP contribution in [0.25, 0.3) is 5.57 Å². The Bertz CT molecular complexity index is 2020. The van der Waals surface area contributed by atoms with Crippen LogP contribution in [0.5, 0.6) is 0 Å². The first-order valence-corrected chi connectivity index (χ1v) is 17.5. The van der Waals surface area contributed by atoms with E-state index in [0.717, 1.165) is 52.9 Å². The van der Waals surface area contributed by atoms with Crippen molar-refractivity contribution in [2.24, 2.45) is 0 Å². The smallest absolute Gasteiger partial charge is 0.138 e. The first kappa shape index (κ1) is 31.2. The first-order valence-electron chi connectivity index (χ1n) is 17.5. The molecular weight excluding hydrogens is 583 g/mol. The van der Waals surface area contributed by atoms with E-state index in [4.69, 9.17) is 0 Å². The van der Waals surface area contributed by atoms with Crippen LogP contribution in [-0.4, -0.2) is 0 Å². The average molecular weight is 624 g/mol. The summed E-state index contributed by atoms with van der Waals surface area (Å²) in [6.07, 6.45) is 9.38. The lowest BCUT2D eigenvalue weighted by Crippen LogP contribution is -2.41. The zero-order valence-corrected chi connectivity index (χ0v) is 28.0. The van der Waals surface area contributed by atoms with Gasteiger partial charge in [-0.2, -0.15) is 10.5 Å². The fourth-order valence-electron chi connectivity index (χ4n) is 8.08. The maximum absolute atomic E-state index is 10.2. The number of nitrogens with zero attached hydrogens (tertiary/aromatic N) is 3. The number of anilines is 3. The van der Waals surface area contributed by atoms with E-state index < -0.39 is 5.41 Å². The molecule has 0 amide bonds. The van der Waals surface area contributed by atoms with Crippen LogP contribution in [0.3, 0.4) is 0 Å². The molecular formula is C45H41N3. The molecule has 236 valence electrons. The number of hydrogen-bond acceptors (Lipinski definition) is 3. The minimum Gasteiger partial charge on any atom is -0.310 e. The number of fused-ring (bicyclic) bond motifs is 8. The van der Waals surface area contributed by atoms with Gasteiger partial charge >= 0.3 is 0 Å². The number of para-hydroxylation sites is 1. The summed E-state index contributed by atoms with van der Waals surface area (Å²) in [4.78, 5) is 2.46. The summed E-state index contributed by atoms with van der Waals surface area (Å²) in [5, 5.41) is 20.3. The molecule has 0 fully saturated rings. The molecule has 0 atom stereocenters. The molecule has 0 saturated heterocycles. The lowest BCUT2D eigenvalue weighted by Gasteiger charge is -2.49. The van der Waals surface area contributed by atoms with Crippen LogP contribution >= 0.6 is 0 Å². The van der Waals surface area contributed by atoms with Crippen molar-refractivity contribution in [3.05, 3.63) is 165 Å². The van der Waals surface area contributed by atoms with Gasteiger partial charge in [-0.3, -0.25) is 0 Å². The second kappa shape index (κ2) is 13.4. The van der Waals surface area contributed by atoms with E-state index in [1.165, 1.54) is 60.0 Å². The molecule has 0 N–H and O–H groups in total. The van der Waals surface area contributed by atoms with Crippen LogP contribution in [0.1, 0.15) is 96.9 Å². The van der Waals surface area contributed by atoms with E-state index in [9.17, 15) is 10.5 Å². The second-order valence-electron chi connectivity index (χ2n) is 13.1. The molecule has 2 aliphatic rings. The molecule has 5 aromatic rings.